The molecule has 31 nitrogen and oxygen atoms in total. The molecule has 76 heavy (non-hydrogen) atoms. The highest BCUT2D eigenvalue weighted by molar-refractivity contribution is 7.66. The Hall–Kier alpha value is -5.27. The van der Waals surface area contributed by atoms with E-state index >= 15 is 0 Å². The third-order valence-corrected chi connectivity index (χ3v) is 15.2. The van der Waals surface area contributed by atoms with Crippen LogP contribution in [0.15, 0.2) is 70.5 Å². The molecule has 0 spiro atoms. The van der Waals surface area contributed by atoms with Gasteiger partial charge in [-0.05, 0) is 23.0 Å². The third-order valence-electron chi connectivity index (χ3n) is 11.4. The highest BCUT2D eigenvalue weighted by Crippen LogP contribution is 2.66. The molecule has 4 heterocycles. The van der Waals surface area contributed by atoms with Crippen LogP contribution in [0.25, 0.3) is 0 Å². The number of nitrogen functional groups attached to an aromatic ring is 2. The van der Waals surface area contributed by atoms with E-state index in [1.807, 2.05) is 41.5 Å². The van der Waals surface area contributed by atoms with Crippen molar-refractivity contribution in [3.8, 4) is 0 Å². The largest absolute Gasteiger partial charge is 0.490 e. The molecule has 34 heteroatoms. The van der Waals surface area contributed by atoms with Crippen LogP contribution >= 0.6 is 23.5 Å². The zero-order valence-corrected chi connectivity index (χ0v) is 44.2. The SMILES string of the molecule is CC(C)(C)[C@H](OCc1cn([C@H]2C[C@@H](O)[C@@H](CO)O2)c(=O)nc1N)c1ccccc1[N+](=O)[O-].CC(C)(C)[C@H](OCc1cn([C@H]2C[C@@H](O)[C@@H](COP(=O)(O)OP(=O)(O)OP(=O)(O)O)O2)c(=O)nc1N)c1ccccc1[N+](=O)[O-]. The van der Waals surface area contributed by atoms with E-state index in [0.717, 1.165) is 4.57 Å². The van der Waals surface area contributed by atoms with Crippen molar-refractivity contribution in [1.82, 2.24) is 19.1 Å². The molecule has 2 aliphatic heterocycles. The lowest BCUT2D eigenvalue weighted by Gasteiger charge is -2.31. The predicted molar refractivity (Wildman–Crippen MR) is 262 cm³/mol. The summed E-state index contributed by atoms with van der Waals surface area (Å²) in [6, 6.07) is 12.4. The maximum absolute atomic E-state index is 12.6. The first-order chi connectivity index (χ1) is 35.1. The quantitative estimate of drug-likeness (QED) is 0.0346. The predicted octanol–water partition coefficient (Wildman–Crippen LogP) is 3.71. The number of aliphatic hydroxyl groups excluding tert-OH is 3. The number of anilines is 2. The first-order valence-corrected chi connectivity index (χ1v) is 27.1. The minimum absolute atomic E-state index is 0.0290. The van der Waals surface area contributed by atoms with Crippen LogP contribution in [-0.4, -0.2) is 101 Å². The molecule has 0 bridgehead atoms. The van der Waals surface area contributed by atoms with Crippen LogP contribution in [-0.2, 0) is 59.0 Å². The van der Waals surface area contributed by atoms with E-state index < -0.39 is 111 Å². The number of nitrogens with zero attached hydrogens (tertiary/aromatic N) is 6. The van der Waals surface area contributed by atoms with E-state index in [0.29, 0.717) is 16.7 Å². The van der Waals surface area contributed by atoms with Gasteiger partial charge in [-0.3, -0.25) is 33.9 Å². The number of nitro groups is 2. The number of phosphoric ester groups is 1. The van der Waals surface area contributed by atoms with Crippen LogP contribution in [0.5, 0.6) is 0 Å². The summed E-state index contributed by atoms with van der Waals surface area (Å²) in [7, 11) is -16.8. The molecule has 2 aromatic heterocycles. The van der Waals surface area contributed by atoms with Gasteiger partial charge in [0, 0.05) is 48.5 Å². The number of aromatic nitrogens is 4. The minimum Gasteiger partial charge on any atom is -0.394 e. The zero-order chi connectivity index (χ0) is 56.9. The fourth-order valence-electron chi connectivity index (χ4n) is 7.95. The molecule has 0 radical (unpaired) electrons. The van der Waals surface area contributed by atoms with E-state index in [-0.39, 0.29) is 61.2 Å². The van der Waals surface area contributed by atoms with E-state index in [1.165, 1.54) is 35.2 Å². The summed E-state index contributed by atoms with van der Waals surface area (Å²) in [5.74, 6) is -0.233. The van der Waals surface area contributed by atoms with Crippen LogP contribution < -0.4 is 22.8 Å². The number of aliphatic hydroxyl groups is 3. The lowest BCUT2D eigenvalue weighted by atomic mass is 9.84. The number of ether oxygens (including phenoxy) is 4. The van der Waals surface area contributed by atoms with Crippen molar-refractivity contribution in [3.05, 3.63) is 124 Å². The number of hydrogen-bond donors (Lipinski definition) is 9. The van der Waals surface area contributed by atoms with Gasteiger partial charge in [-0.25, -0.2) is 23.3 Å². The van der Waals surface area contributed by atoms with Crippen LogP contribution in [0, 0.1) is 31.1 Å². The summed E-state index contributed by atoms with van der Waals surface area (Å²) in [5.41, 5.74) is 10.3. The molecule has 2 unspecified atom stereocenters. The second-order valence-corrected chi connectivity index (χ2v) is 23.8. The summed E-state index contributed by atoms with van der Waals surface area (Å²) in [5, 5.41) is 52.8. The maximum atomic E-state index is 12.6. The van der Waals surface area contributed by atoms with Crippen molar-refractivity contribution in [3.63, 3.8) is 0 Å². The topological polar surface area (TPSA) is 466 Å². The van der Waals surface area contributed by atoms with Gasteiger partial charge in [-0.1, -0.05) is 65.8 Å². The van der Waals surface area contributed by atoms with Gasteiger partial charge in [-0.2, -0.15) is 18.6 Å². The van der Waals surface area contributed by atoms with Gasteiger partial charge in [-0.15, -0.1) is 0 Å². The molecule has 0 aliphatic carbocycles. The average Bonchev–Trinajstić information content (AvgIpc) is 3.85. The summed E-state index contributed by atoms with van der Waals surface area (Å²) in [6.45, 7) is 9.50. The van der Waals surface area contributed by atoms with Crippen LogP contribution in [0.4, 0.5) is 23.0 Å². The Balaban J connectivity index is 0.000000295. The minimum atomic E-state index is -5.76. The number of nitrogens with two attached hydrogens (primary N) is 2. The number of para-hydroxylation sites is 2. The van der Waals surface area contributed by atoms with E-state index in [2.05, 4.69) is 23.1 Å². The maximum Gasteiger partial charge on any atom is 0.490 e. The second kappa shape index (κ2) is 24.6. The highest BCUT2D eigenvalue weighted by Gasteiger charge is 2.44. The summed E-state index contributed by atoms with van der Waals surface area (Å²) in [6.07, 6.45) is -5.48. The normalized spacial score (nSPS) is 22.4. The molecular formula is C42H59N8O23P3. The number of phosphoric acid groups is 3. The highest BCUT2D eigenvalue weighted by atomic mass is 31.3. The van der Waals surface area contributed by atoms with Gasteiger partial charge in [0.1, 0.15) is 36.3 Å². The van der Waals surface area contributed by atoms with Gasteiger partial charge in [0.25, 0.3) is 11.4 Å². The molecular weight excluding hydrogens is 1080 g/mol. The van der Waals surface area contributed by atoms with Gasteiger partial charge in [0.2, 0.25) is 0 Å². The van der Waals surface area contributed by atoms with Crippen LogP contribution in [0.1, 0.15) is 101 Å². The average molecular weight is 1140 g/mol. The van der Waals surface area contributed by atoms with Gasteiger partial charge in [0.05, 0.1) is 71.8 Å². The Kier molecular flexibility index (Phi) is 19.9. The van der Waals surface area contributed by atoms with Crippen molar-refractivity contribution in [1.29, 1.82) is 0 Å². The van der Waals surface area contributed by atoms with Crippen molar-refractivity contribution >= 4 is 46.5 Å². The monoisotopic (exact) mass is 1140 g/mol. The summed E-state index contributed by atoms with van der Waals surface area (Å²) in [4.78, 5) is 90.8. The number of rotatable bonds is 20. The third kappa shape index (κ3) is 16.4. The Bertz CT molecular complexity index is 3000. The van der Waals surface area contributed by atoms with Crippen LogP contribution in [0.3, 0.4) is 0 Å². The molecule has 2 saturated heterocycles. The van der Waals surface area contributed by atoms with Crippen molar-refractivity contribution in [2.45, 2.75) is 117 Å². The Labute approximate surface area is 431 Å². The number of nitro benzene ring substituents is 2. The van der Waals surface area contributed by atoms with Gasteiger partial charge < -0.3 is 65.3 Å². The lowest BCUT2D eigenvalue weighted by molar-refractivity contribution is -0.386. The van der Waals surface area contributed by atoms with E-state index in [1.54, 1.807) is 30.3 Å². The molecule has 420 valence electrons. The van der Waals surface area contributed by atoms with Gasteiger partial charge in [0.15, 0.2) is 0 Å². The van der Waals surface area contributed by atoms with Gasteiger partial charge >= 0.3 is 34.8 Å². The summed E-state index contributed by atoms with van der Waals surface area (Å²) >= 11 is 0. The molecule has 2 fully saturated rings. The first-order valence-electron chi connectivity index (χ1n) is 22.6. The fraction of sp³-hybridized carbons (Fsp3) is 0.524. The Morgan fingerprint density at radius 2 is 1.09 bits per heavy atom. The van der Waals surface area contributed by atoms with Crippen molar-refractivity contribution < 1.29 is 90.5 Å². The number of benzene rings is 2. The molecule has 2 aliphatic rings. The van der Waals surface area contributed by atoms with Crippen LogP contribution in [0.2, 0.25) is 0 Å². The molecule has 6 rings (SSSR count). The smallest absolute Gasteiger partial charge is 0.394 e. The lowest BCUT2D eigenvalue weighted by Crippen LogP contribution is -2.30. The standard InChI is InChI=1S/C21H31N4O16P3.C21H28N4O7/c1-21(2,3)18(13-6-4-5-7-14(13)25(28)29)37-10-12-9-24(20(27)23-19(12)22)17-8-15(26)16(39-17)11-38-43(33,34)41-44(35,36)40-42(30,31)32;1-21(2,3)18(13-6-4-5-7-14(13)25(29)30)31-11-12-9-24(20(28)23-19(12)22)17-8-15(27)16(10-26)32-17/h4-7,9,15-18,26H,8,10-11H2,1-3H3,(H,33,34)(H,35,36)(H2,22,23,27)(H2,30,31,32);4-7,9,15-18,26-27H,8,10-11H2,1-3H3,(H2,22,23,28)/t2*15-,16-,17-,18-/m11/s1. The number of hydrogen-bond acceptors (Lipinski definition) is 23. The fourth-order valence-corrected chi connectivity index (χ4v) is 11.0. The molecule has 0 amide bonds. The molecule has 11 N–H and O–H groups in total. The molecule has 10 atom stereocenters. The Morgan fingerprint density at radius 3 is 1.46 bits per heavy atom. The van der Waals surface area contributed by atoms with E-state index in [4.69, 9.17) is 40.2 Å². The van der Waals surface area contributed by atoms with Crippen molar-refractivity contribution in [2.75, 3.05) is 24.7 Å². The Morgan fingerprint density at radius 1 is 0.697 bits per heavy atom. The molecule has 0 saturated carbocycles. The first kappa shape index (κ1) is 61.6. The molecule has 4 aromatic rings. The molecule has 2 aromatic carbocycles. The van der Waals surface area contributed by atoms with E-state index in [9.17, 15) is 68.6 Å². The second-order valence-electron chi connectivity index (χ2n) is 19.4. The van der Waals surface area contributed by atoms with Crippen molar-refractivity contribution in [2.24, 2.45) is 10.8 Å². The summed E-state index contributed by atoms with van der Waals surface area (Å²) < 4.78 is 71.4. The zero-order valence-electron chi connectivity index (χ0n) is 41.5.